The lowest BCUT2D eigenvalue weighted by Gasteiger charge is -2.45. The number of hydrogen-bond donors (Lipinski definition) is 3. The number of hydrogen-bond acceptors (Lipinski definition) is 12. The van der Waals surface area contributed by atoms with Crippen molar-refractivity contribution in [3.63, 3.8) is 0 Å². The van der Waals surface area contributed by atoms with Crippen LogP contribution < -0.4 is 16.2 Å². The van der Waals surface area contributed by atoms with E-state index in [2.05, 4.69) is 0 Å². The molecule has 1 amide bonds. The average molecular weight is 590 g/mol. The number of hydroxylamine groups is 2. The van der Waals surface area contributed by atoms with Gasteiger partial charge in [0, 0.05) is 22.3 Å². The van der Waals surface area contributed by atoms with Crippen molar-refractivity contribution in [2.45, 2.75) is 34.8 Å². The zero-order valence-corrected chi connectivity index (χ0v) is 22.2. The summed E-state index contributed by atoms with van der Waals surface area (Å²) in [4.78, 5) is 29.5. The molecule has 1 spiro atoms. The van der Waals surface area contributed by atoms with Crippen LogP contribution in [0.2, 0.25) is 0 Å². The first-order valence-corrected chi connectivity index (χ1v) is 14.1. The van der Waals surface area contributed by atoms with E-state index in [1.54, 1.807) is 0 Å². The van der Waals surface area contributed by atoms with E-state index in [1.807, 2.05) is 0 Å². The van der Waals surface area contributed by atoms with Gasteiger partial charge in [-0.05, 0) is 44.2 Å². The second-order valence-corrected chi connectivity index (χ2v) is 12.1. The molecule has 210 valence electrons. The molecule has 2 heterocycles. The van der Waals surface area contributed by atoms with E-state index in [1.165, 1.54) is 36.4 Å². The number of anilines is 2. The van der Waals surface area contributed by atoms with Crippen LogP contribution in [0.15, 0.2) is 58.3 Å². The molecule has 2 aliphatic heterocycles. The lowest BCUT2D eigenvalue weighted by Crippen LogP contribution is -2.53. The molecule has 5 rings (SSSR count). The number of carbonyl (C=O) groups excluding carboxylic acids is 1. The molecule has 2 aliphatic rings. The van der Waals surface area contributed by atoms with Crippen molar-refractivity contribution in [1.29, 1.82) is 0 Å². The standard InChI is InChI=1S/C24H21N3O11S2/c1-23(2,22(29)30)38-27-21(28)11-5-3-4-6-12(11)24(27)13-7-9-15(25)19(39(31,32)33)17(13)37-18-14(24)8-10-16(26)20(18)40(34,35)36/h3-10H,25-26H2,1-2H3,(H,29,30)(H,31,32,33)(H,34,35,36)/p-2. The summed E-state index contributed by atoms with van der Waals surface area (Å²) in [5.74, 6) is -4.01. The highest BCUT2D eigenvalue weighted by molar-refractivity contribution is 7.86. The Bertz CT molecular complexity index is 1780. The van der Waals surface area contributed by atoms with Crippen LogP contribution in [0.4, 0.5) is 11.4 Å². The van der Waals surface area contributed by atoms with Gasteiger partial charge in [0.1, 0.15) is 30.0 Å². The Hall–Kier alpha value is -4.22. The second kappa shape index (κ2) is 8.39. The Morgan fingerprint density at radius 2 is 1.38 bits per heavy atom. The summed E-state index contributed by atoms with van der Waals surface area (Å²) in [6, 6.07) is 10.3. The van der Waals surface area contributed by atoms with Crippen LogP contribution in [0.25, 0.3) is 0 Å². The average Bonchev–Trinajstić information content (AvgIpc) is 3.05. The fourth-order valence-electron chi connectivity index (χ4n) is 4.93. The van der Waals surface area contributed by atoms with Crippen LogP contribution in [-0.2, 0) is 35.4 Å². The van der Waals surface area contributed by atoms with Crippen LogP contribution >= 0.6 is 0 Å². The fourth-order valence-corrected chi connectivity index (χ4v) is 6.40. The van der Waals surface area contributed by atoms with Crippen molar-refractivity contribution < 1.29 is 50.2 Å². The minimum atomic E-state index is -5.44. The zero-order chi connectivity index (χ0) is 29.6. The molecule has 0 saturated carbocycles. The summed E-state index contributed by atoms with van der Waals surface area (Å²) in [5, 5.41) is 10.4. The largest absolute Gasteiger partial charge is 0.744 e. The third-order valence-electron chi connectivity index (χ3n) is 6.64. The van der Waals surface area contributed by atoms with Gasteiger partial charge in [0.15, 0.2) is 22.6 Å². The maximum Gasteiger partial charge on any atom is 0.338 e. The van der Waals surface area contributed by atoms with E-state index in [9.17, 15) is 40.6 Å². The topological polar surface area (TPSA) is 243 Å². The van der Waals surface area contributed by atoms with Gasteiger partial charge in [0.05, 0.1) is 11.4 Å². The maximum absolute atomic E-state index is 13.8. The lowest BCUT2D eigenvalue weighted by molar-refractivity contribution is -0.237. The Morgan fingerprint density at radius 1 is 0.900 bits per heavy atom. The Morgan fingerprint density at radius 3 is 1.82 bits per heavy atom. The predicted octanol–water partition coefficient (Wildman–Crippen LogP) is 1.31. The molecule has 0 atom stereocenters. The fraction of sp³-hybridized carbons (Fsp3) is 0.167. The summed E-state index contributed by atoms with van der Waals surface area (Å²) >= 11 is 0. The van der Waals surface area contributed by atoms with Crippen molar-refractivity contribution >= 4 is 43.5 Å². The number of aliphatic carboxylic acids is 1. The third-order valence-corrected chi connectivity index (χ3v) is 8.48. The van der Waals surface area contributed by atoms with Gasteiger partial charge < -0.3 is 30.4 Å². The highest BCUT2D eigenvalue weighted by Crippen LogP contribution is 2.61. The number of nitrogen functional groups attached to an aromatic ring is 2. The van der Waals surface area contributed by atoms with Crippen LogP contribution in [0.3, 0.4) is 0 Å². The zero-order valence-electron chi connectivity index (χ0n) is 20.6. The van der Waals surface area contributed by atoms with E-state index >= 15 is 0 Å². The lowest BCUT2D eigenvalue weighted by atomic mass is 9.75. The number of nitrogens with zero attached hydrogens (tertiary/aromatic N) is 1. The molecule has 0 aromatic heterocycles. The van der Waals surface area contributed by atoms with Crippen molar-refractivity contribution in [2.75, 3.05) is 11.5 Å². The molecule has 3 aromatic rings. The van der Waals surface area contributed by atoms with Crippen LogP contribution in [-0.4, -0.2) is 53.6 Å². The first-order valence-electron chi connectivity index (χ1n) is 11.3. The van der Waals surface area contributed by atoms with Crippen LogP contribution in [0.5, 0.6) is 11.5 Å². The SMILES string of the molecule is CC(C)(ON1C(=O)c2ccccc2C12c1ccc(N)c(S(=O)(=O)[O-])c1Oc1c2ccc(N)c1S(=O)(=O)[O-])C(=O)O. The molecular weight excluding hydrogens is 570 g/mol. The molecule has 40 heavy (non-hydrogen) atoms. The number of amides is 1. The van der Waals surface area contributed by atoms with Crippen LogP contribution in [0.1, 0.15) is 40.9 Å². The van der Waals surface area contributed by atoms with Gasteiger partial charge in [0.25, 0.3) is 5.91 Å². The third kappa shape index (κ3) is 3.65. The Labute approximate surface area is 227 Å². The molecule has 3 aromatic carbocycles. The van der Waals surface area contributed by atoms with E-state index in [4.69, 9.17) is 21.0 Å². The molecular formula is C24H19N3O11S2-2. The summed E-state index contributed by atoms with van der Waals surface area (Å²) in [6.45, 7) is 2.26. The smallest absolute Gasteiger partial charge is 0.338 e. The summed E-state index contributed by atoms with van der Waals surface area (Å²) in [7, 11) is -10.9. The summed E-state index contributed by atoms with van der Waals surface area (Å²) in [6.07, 6.45) is 0. The van der Waals surface area contributed by atoms with Gasteiger partial charge in [-0.25, -0.2) is 21.6 Å². The number of carboxylic acids is 1. The van der Waals surface area contributed by atoms with E-state index < -0.39 is 75.9 Å². The summed E-state index contributed by atoms with van der Waals surface area (Å²) < 4.78 is 80.0. The van der Waals surface area contributed by atoms with Gasteiger partial charge in [-0.3, -0.25) is 9.63 Å². The number of ether oxygens (including phenoxy) is 1. The number of carboxylic acid groups (broad SMARTS) is 1. The quantitative estimate of drug-likeness (QED) is 0.281. The Kier molecular flexibility index (Phi) is 5.74. The second-order valence-electron chi connectivity index (χ2n) is 9.49. The van der Waals surface area contributed by atoms with Crippen molar-refractivity contribution in [2.24, 2.45) is 0 Å². The monoisotopic (exact) mass is 589 g/mol. The first-order chi connectivity index (χ1) is 18.4. The molecule has 5 N–H and O–H groups in total. The molecule has 0 saturated heterocycles. The maximum atomic E-state index is 13.8. The molecule has 16 heteroatoms. The molecule has 0 aliphatic carbocycles. The number of nitrogens with two attached hydrogens (primary N) is 2. The predicted molar refractivity (Wildman–Crippen MR) is 133 cm³/mol. The highest BCUT2D eigenvalue weighted by Gasteiger charge is 2.60. The van der Waals surface area contributed by atoms with Crippen molar-refractivity contribution in [3.8, 4) is 11.5 Å². The van der Waals surface area contributed by atoms with Gasteiger partial charge in [-0.2, -0.15) is 5.06 Å². The van der Waals surface area contributed by atoms with Crippen LogP contribution in [0, 0.1) is 0 Å². The Balaban J connectivity index is 2.05. The minimum absolute atomic E-state index is 0.0470. The van der Waals surface area contributed by atoms with E-state index in [0.717, 1.165) is 26.0 Å². The molecule has 14 nitrogen and oxygen atoms in total. The van der Waals surface area contributed by atoms with Crippen molar-refractivity contribution in [1.82, 2.24) is 5.06 Å². The van der Waals surface area contributed by atoms with Gasteiger partial charge in [-0.15, -0.1) is 0 Å². The van der Waals surface area contributed by atoms with Gasteiger partial charge in [0.2, 0.25) is 0 Å². The van der Waals surface area contributed by atoms with E-state index in [0.29, 0.717) is 5.06 Å². The number of fused-ring (bicyclic) bond motifs is 6. The van der Waals surface area contributed by atoms with Crippen molar-refractivity contribution in [3.05, 3.63) is 70.8 Å². The normalized spacial score (nSPS) is 15.8. The number of benzene rings is 3. The first kappa shape index (κ1) is 27.4. The minimum Gasteiger partial charge on any atom is -0.744 e. The van der Waals surface area contributed by atoms with Gasteiger partial charge >= 0.3 is 5.97 Å². The summed E-state index contributed by atoms with van der Waals surface area (Å²) in [5.41, 5.74) is 5.74. The molecule has 0 radical (unpaired) electrons. The molecule has 0 bridgehead atoms. The molecule has 0 fully saturated rings. The van der Waals surface area contributed by atoms with E-state index in [-0.39, 0.29) is 22.3 Å². The number of rotatable bonds is 5. The number of carbonyl (C=O) groups is 2. The molecule has 0 unspecified atom stereocenters. The van der Waals surface area contributed by atoms with Gasteiger partial charge in [-0.1, -0.05) is 18.2 Å². The highest BCUT2D eigenvalue weighted by atomic mass is 32.2.